The van der Waals surface area contributed by atoms with Gasteiger partial charge in [0.2, 0.25) is 0 Å². The molecule has 0 heterocycles. The summed E-state index contributed by atoms with van der Waals surface area (Å²) in [5.74, 6) is 0.795. The summed E-state index contributed by atoms with van der Waals surface area (Å²) < 4.78 is 0. The van der Waals surface area contributed by atoms with E-state index in [2.05, 4.69) is 45.0 Å². The Labute approximate surface area is 82.2 Å². The van der Waals surface area contributed by atoms with Gasteiger partial charge in [-0.2, -0.15) is 12.6 Å². The molecular weight excluding hydrogens is 166 g/mol. The highest BCUT2D eigenvalue weighted by atomic mass is 32.1. The van der Waals surface area contributed by atoms with Crippen LogP contribution in [0.1, 0.15) is 26.7 Å². The third-order valence-corrected chi connectivity index (χ3v) is 2.60. The van der Waals surface area contributed by atoms with Crippen LogP contribution in [0.2, 0.25) is 0 Å². The first kappa shape index (κ1) is 12.0. The van der Waals surface area contributed by atoms with Crippen LogP contribution in [0.15, 0.2) is 12.2 Å². The lowest BCUT2D eigenvalue weighted by molar-refractivity contribution is 0.265. The van der Waals surface area contributed by atoms with Gasteiger partial charge >= 0.3 is 0 Å². The van der Waals surface area contributed by atoms with Crippen molar-refractivity contribution < 1.29 is 0 Å². The molecule has 0 aromatic rings. The van der Waals surface area contributed by atoms with Gasteiger partial charge in [-0.05, 0) is 20.4 Å². The number of likely N-dealkylation sites (N-methyl/N-ethyl adjacent to an activating group) is 1. The highest BCUT2D eigenvalue weighted by Crippen LogP contribution is 2.06. The number of nitrogens with zero attached hydrogens (tertiary/aromatic N) is 1. The zero-order chi connectivity index (χ0) is 9.56. The molecule has 0 aliphatic heterocycles. The van der Waals surface area contributed by atoms with Crippen molar-refractivity contribution in [2.24, 2.45) is 0 Å². The summed E-state index contributed by atoms with van der Waals surface area (Å²) in [5, 5.41) is 0. The maximum absolute atomic E-state index is 4.18. The van der Waals surface area contributed by atoms with Crippen molar-refractivity contribution in [1.29, 1.82) is 0 Å². The molecule has 0 saturated carbocycles. The van der Waals surface area contributed by atoms with Gasteiger partial charge in [-0.3, -0.25) is 4.90 Å². The molecule has 0 aliphatic carbocycles. The number of rotatable bonds is 6. The smallest absolute Gasteiger partial charge is 0.0198 e. The number of hydrogen-bond donors (Lipinski definition) is 1. The van der Waals surface area contributed by atoms with Crippen LogP contribution in [0.25, 0.3) is 0 Å². The van der Waals surface area contributed by atoms with Crippen molar-refractivity contribution in [2.75, 3.05) is 19.3 Å². The molecule has 2 heteroatoms. The molecule has 72 valence electrons. The quantitative estimate of drug-likeness (QED) is 0.494. The molecule has 0 aliphatic rings. The first-order valence-electron chi connectivity index (χ1n) is 4.59. The Morgan fingerprint density at radius 2 is 2.17 bits per heavy atom. The molecule has 0 amide bonds. The second-order valence-electron chi connectivity index (χ2n) is 3.46. The van der Waals surface area contributed by atoms with Crippen molar-refractivity contribution in [3.8, 4) is 0 Å². The Hall–Kier alpha value is 0.0500. The maximum Gasteiger partial charge on any atom is 0.0198 e. The predicted molar refractivity (Wildman–Crippen MR) is 60.0 cm³/mol. The van der Waals surface area contributed by atoms with Crippen molar-refractivity contribution in [1.82, 2.24) is 4.90 Å². The van der Waals surface area contributed by atoms with Crippen LogP contribution >= 0.6 is 12.6 Å². The van der Waals surface area contributed by atoms with Gasteiger partial charge in [-0.25, -0.2) is 0 Å². The van der Waals surface area contributed by atoms with E-state index in [0.29, 0.717) is 6.04 Å². The molecule has 12 heavy (non-hydrogen) atoms. The Morgan fingerprint density at radius 1 is 1.58 bits per heavy atom. The molecule has 0 rings (SSSR count). The van der Waals surface area contributed by atoms with Gasteiger partial charge in [0.25, 0.3) is 0 Å². The monoisotopic (exact) mass is 187 g/mol. The topological polar surface area (TPSA) is 3.24 Å². The fourth-order valence-electron chi connectivity index (χ4n) is 1.20. The molecule has 1 atom stereocenters. The van der Waals surface area contributed by atoms with Gasteiger partial charge in [-0.15, -0.1) is 0 Å². The van der Waals surface area contributed by atoms with E-state index < -0.39 is 0 Å². The Balaban J connectivity index is 3.69. The summed E-state index contributed by atoms with van der Waals surface area (Å²) >= 11 is 4.18. The number of hydrogen-bond acceptors (Lipinski definition) is 2. The summed E-state index contributed by atoms with van der Waals surface area (Å²) in [6, 6.07) is 0.659. The second kappa shape index (κ2) is 6.55. The molecule has 1 unspecified atom stereocenters. The lowest BCUT2D eigenvalue weighted by atomic mass is 10.1. The van der Waals surface area contributed by atoms with Crippen LogP contribution in [-0.2, 0) is 0 Å². The maximum atomic E-state index is 4.18. The van der Waals surface area contributed by atoms with Crippen LogP contribution < -0.4 is 0 Å². The molecule has 0 bridgehead atoms. The molecule has 0 radical (unpaired) electrons. The van der Waals surface area contributed by atoms with E-state index in [0.717, 1.165) is 12.3 Å². The largest absolute Gasteiger partial charge is 0.300 e. The summed E-state index contributed by atoms with van der Waals surface area (Å²) in [7, 11) is 2.15. The van der Waals surface area contributed by atoms with Gasteiger partial charge in [-0.1, -0.05) is 25.5 Å². The predicted octanol–water partition coefficient (Wildman–Crippen LogP) is 2.59. The molecule has 0 saturated heterocycles. The number of thiol groups is 1. The first-order valence-corrected chi connectivity index (χ1v) is 5.22. The normalized spacial score (nSPS) is 13.4. The Kier molecular flexibility index (Phi) is 6.58. The summed E-state index contributed by atoms with van der Waals surface area (Å²) in [5.41, 5.74) is 1.20. The fraction of sp³-hybridized carbons (Fsp3) is 0.800. The SMILES string of the molecule is C=C(CS)CN(C)C(C)CCC. The van der Waals surface area contributed by atoms with E-state index in [4.69, 9.17) is 0 Å². The highest BCUT2D eigenvalue weighted by Gasteiger charge is 2.07. The van der Waals surface area contributed by atoms with Gasteiger partial charge in [0.1, 0.15) is 0 Å². The van der Waals surface area contributed by atoms with Gasteiger partial charge < -0.3 is 0 Å². The van der Waals surface area contributed by atoms with Crippen LogP contribution in [0.4, 0.5) is 0 Å². The minimum atomic E-state index is 0.659. The molecule has 0 aromatic heterocycles. The van der Waals surface area contributed by atoms with Crippen LogP contribution in [-0.4, -0.2) is 30.3 Å². The zero-order valence-electron chi connectivity index (χ0n) is 8.51. The van der Waals surface area contributed by atoms with Crippen molar-refractivity contribution in [3.63, 3.8) is 0 Å². The third-order valence-electron chi connectivity index (χ3n) is 2.16. The molecular formula is C10H21NS. The summed E-state index contributed by atoms with van der Waals surface area (Å²) in [4.78, 5) is 2.34. The van der Waals surface area contributed by atoms with Crippen LogP contribution in [0, 0.1) is 0 Å². The highest BCUT2D eigenvalue weighted by molar-refractivity contribution is 7.80. The first-order chi connectivity index (χ1) is 5.61. The van der Waals surface area contributed by atoms with Crippen molar-refractivity contribution >= 4 is 12.6 Å². The third kappa shape index (κ3) is 4.83. The van der Waals surface area contributed by atoms with E-state index in [-0.39, 0.29) is 0 Å². The average molecular weight is 187 g/mol. The molecule has 0 aromatic carbocycles. The standard InChI is InChI=1S/C10H21NS/c1-5-6-10(3)11(4)7-9(2)8-12/h10,12H,2,5-8H2,1,3-4H3. The van der Waals surface area contributed by atoms with Crippen LogP contribution in [0.3, 0.4) is 0 Å². The van der Waals surface area contributed by atoms with Gasteiger partial charge in [0.05, 0.1) is 0 Å². The lowest BCUT2D eigenvalue weighted by Crippen LogP contribution is -2.30. The Morgan fingerprint density at radius 3 is 2.58 bits per heavy atom. The lowest BCUT2D eigenvalue weighted by Gasteiger charge is -2.24. The molecule has 0 N–H and O–H groups in total. The Bertz CT molecular complexity index is 134. The minimum Gasteiger partial charge on any atom is -0.300 e. The van der Waals surface area contributed by atoms with E-state index in [1.165, 1.54) is 18.4 Å². The van der Waals surface area contributed by atoms with Gasteiger partial charge in [0, 0.05) is 18.3 Å². The van der Waals surface area contributed by atoms with E-state index in [1.807, 2.05) is 0 Å². The van der Waals surface area contributed by atoms with Crippen molar-refractivity contribution in [2.45, 2.75) is 32.7 Å². The van der Waals surface area contributed by atoms with E-state index in [1.54, 1.807) is 0 Å². The average Bonchev–Trinajstić information content (AvgIpc) is 2.04. The fourth-order valence-corrected chi connectivity index (χ4v) is 1.30. The second-order valence-corrected chi connectivity index (χ2v) is 3.78. The van der Waals surface area contributed by atoms with Gasteiger partial charge in [0.15, 0.2) is 0 Å². The van der Waals surface area contributed by atoms with Crippen molar-refractivity contribution in [3.05, 3.63) is 12.2 Å². The summed E-state index contributed by atoms with van der Waals surface area (Å²) in [6.45, 7) is 9.39. The minimum absolute atomic E-state index is 0.659. The molecule has 0 fully saturated rings. The van der Waals surface area contributed by atoms with Crippen LogP contribution in [0.5, 0.6) is 0 Å². The molecule has 1 nitrogen and oxygen atoms in total. The molecule has 0 spiro atoms. The zero-order valence-corrected chi connectivity index (χ0v) is 9.40. The van der Waals surface area contributed by atoms with E-state index >= 15 is 0 Å². The van der Waals surface area contributed by atoms with E-state index in [9.17, 15) is 0 Å². The summed E-state index contributed by atoms with van der Waals surface area (Å²) in [6.07, 6.45) is 2.51.